The lowest BCUT2D eigenvalue weighted by Crippen LogP contribution is -2.09. The Kier molecular flexibility index (Phi) is 6.61. The lowest BCUT2D eigenvalue weighted by atomic mass is 10.2. The fourth-order valence-corrected chi connectivity index (χ4v) is 3.17. The zero-order chi connectivity index (χ0) is 21.3. The summed E-state index contributed by atoms with van der Waals surface area (Å²) < 4.78 is 11.5. The minimum atomic E-state index is 0.470. The van der Waals surface area contributed by atoms with Gasteiger partial charge in [0.1, 0.15) is 6.61 Å². The lowest BCUT2D eigenvalue weighted by Gasteiger charge is -2.19. The zero-order valence-electron chi connectivity index (χ0n) is 17.4. The molecule has 0 radical (unpaired) electrons. The third-order valence-electron chi connectivity index (χ3n) is 4.75. The monoisotopic (exact) mass is 408 g/mol. The second kappa shape index (κ2) is 10.1. The lowest BCUT2D eigenvalue weighted by molar-refractivity contribution is 0.284. The Labute approximate surface area is 183 Å². The number of hydrogen-bond acceptors (Lipinski definition) is 4. The summed E-state index contributed by atoms with van der Waals surface area (Å²) in [5.41, 5.74) is 3.99. The summed E-state index contributed by atoms with van der Waals surface area (Å²) in [6.45, 7) is 0.470. The molecule has 0 aliphatic heterocycles. The first-order chi connectivity index (χ1) is 15.3. The average Bonchev–Trinajstić information content (AvgIpc) is 2.85. The van der Waals surface area contributed by atoms with E-state index in [1.807, 2.05) is 120 Å². The van der Waals surface area contributed by atoms with Crippen LogP contribution in [0.4, 0.5) is 11.4 Å². The van der Waals surface area contributed by atoms with Crippen molar-refractivity contribution in [1.82, 2.24) is 0 Å². The highest BCUT2D eigenvalue weighted by molar-refractivity contribution is 5.83. The Hall–Kier alpha value is -4.05. The third kappa shape index (κ3) is 5.31. The molecule has 0 atom stereocenters. The number of nitrogens with zero attached hydrogens (tertiary/aromatic N) is 2. The maximum Gasteiger partial charge on any atom is 0.162 e. The van der Waals surface area contributed by atoms with Gasteiger partial charge in [0.25, 0.3) is 0 Å². The number of anilines is 2. The van der Waals surface area contributed by atoms with E-state index in [0.29, 0.717) is 18.1 Å². The predicted molar refractivity (Wildman–Crippen MR) is 126 cm³/mol. The normalized spacial score (nSPS) is 10.7. The number of rotatable bonds is 8. The Morgan fingerprint density at radius 1 is 0.710 bits per heavy atom. The molecular formula is C27H24N2O2. The Morgan fingerprint density at radius 3 is 1.87 bits per heavy atom. The van der Waals surface area contributed by atoms with Gasteiger partial charge in [-0.05, 0) is 53.6 Å². The highest BCUT2D eigenvalue weighted by Crippen LogP contribution is 2.29. The Balaban J connectivity index is 1.59. The molecule has 4 nitrogen and oxygen atoms in total. The van der Waals surface area contributed by atoms with Crippen molar-refractivity contribution < 1.29 is 9.47 Å². The van der Waals surface area contributed by atoms with Crippen LogP contribution in [0.3, 0.4) is 0 Å². The molecule has 4 heteroatoms. The number of ether oxygens (including phenoxy) is 2. The number of methoxy groups -OCH3 is 1. The maximum atomic E-state index is 6.03. The molecule has 0 amide bonds. The van der Waals surface area contributed by atoms with Crippen LogP contribution in [-0.4, -0.2) is 13.3 Å². The van der Waals surface area contributed by atoms with Gasteiger partial charge in [-0.25, -0.2) is 5.01 Å². The number of benzene rings is 4. The molecule has 0 unspecified atom stereocenters. The molecule has 0 saturated carbocycles. The van der Waals surface area contributed by atoms with Crippen molar-refractivity contribution in [3.8, 4) is 11.5 Å². The van der Waals surface area contributed by atoms with Gasteiger partial charge in [0.15, 0.2) is 11.5 Å². The number of hydrazone groups is 1. The molecular weight excluding hydrogens is 384 g/mol. The summed E-state index contributed by atoms with van der Waals surface area (Å²) in [4.78, 5) is 0. The summed E-state index contributed by atoms with van der Waals surface area (Å²) in [7, 11) is 1.64. The van der Waals surface area contributed by atoms with Crippen molar-refractivity contribution in [3.05, 3.63) is 120 Å². The molecule has 0 spiro atoms. The second-order valence-electron chi connectivity index (χ2n) is 6.91. The van der Waals surface area contributed by atoms with Crippen LogP contribution >= 0.6 is 0 Å². The molecule has 0 heterocycles. The number of hydrogen-bond donors (Lipinski definition) is 0. The molecule has 4 aromatic rings. The summed E-state index contributed by atoms with van der Waals surface area (Å²) in [5, 5.41) is 6.67. The zero-order valence-corrected chi connectivity index (χ0v) is 17.4. The highest BCUT2D eigenvalue weighted by atomic mass is 16.5. The van der Waals surface area contributed by atoms with E-state index in [9.17, 15) is 0 Å². The van der Waals surface area contributed by atoms with E-state index in [-0.39, 0.29) is 0 Å². The van der Waals surface area contributed by atoms with Gasteiger partial charge in [-0.1, -0.05) is 66.7 Å². The first kappa shape index (κ1) is 20.2. The highest BCUT2D eigenvalue weighted by Gasteiger charge is 2.08. The topological polar surface area (TPSA) is 34.1 Å². The van der Waals surface area contributed by atoms with Crippen molar-refractivity contribution in [3.63, 3.8) is 0 Å². The largest absolute Gasteiger partial charge is 0.493 e. The Morgan fingerprint density at radius 2 is 1.29 bits per heavy atom. The van der Waals surface area contributed by atoms with E-state index in [1.54, 1.807) is 7.11 Å². The van der Waals surface area contributed by atoms with Crippen LogP contribution in [-0.2, 0) is 6.61 Å². The van der Waals surface area contributed by atoms with Crippen molar-refractivity contribution >= 4 is 17.6 Å². The molecule has 4 rings (SSSR count). The van der Waals surface area contributed by atoms with E-state index < -0.39 is 0 Å². The summed E-state index contributed by atoms with van der Waals surface area (Å²) in [5.74, 6) is 1.37. The van der Waals surface area contributed by atoms with Crippen LogP contribution in [0.1, 0.15) is 11.1 Å². The van der Waals surface area contributed by atoms with Gasteiger partial charge in [-0.2, -0.15) is 5.10 Å². The van der Waals surface area contributed by atoms with Crippen LogP contribution in [0.15, 0.2) is 114 Å². The molecule has 0 bridgehead atoms. The van der Waals surface area contributed by atoms with Gasteiger partial charge in [0.05, 0.1) is 24.7 Å². The van der Waals surface area contributed by atoms with Crippen molar-refractivity contribution in [1.29, 1.82) is 0 Å². The Bertz CT molecular complexity index is 1070. The van der Waals surface area contributed by atoms with E-state index in [1.165, 1.54) is 0 Å². The summed E-state index contributed by atoms with van der Waals surface area (Å²) >= 11 is 0. The minimum absolute atomic E-state index is 0.470. The van der Waals surface area contributed by atoms with Gasteiger partial charge < -0.3 is 9.47 Å². The smallest absolute Gasteiger partial charge is 0.162 e. The SMILES string of the molecule is COc1ccc(/C=N/N(c2ccccc2)c2ccccc2)cc1OCc1ccccc1. The molecule has 0 saturated heterocycles. The van der Waals surface area contributed by atoms with E-state index in [4.69, 9.17) is 14.6 Å². The van der Waals surface area contributed by atoms with Gasteiger partial charge in [0, 0.05) is 0 Å². The molecule has 154 valence electrons. The fourth-order valence-electron chi connectivity index (χ4n) is 3.17. The molecule has 0 aliphatic rings. The van der Waals surface area contributed by atoms with Crippen LogP contribution < -0.4 is 14.5 Å². The molecule has 0 aliphatic carbocycles. The fraction of sp³-hybridized carbons (Fsp3) is 0.0741. The van der Waals surface area contributed by atoms with E-state index >= 15 is 0 Å². The maximum absolute atomic E-state index is 6.03. The van der Waals surface area contributed by atoms with E-state index in [0.717, 1.165) is 22.5 Å². The molecule has 0 aromatic heterocycles. The second-order valence-corrected chi connectivity index (χ2v) is 6.91. The molecule has 4 aromatic carbocycles. The van der Waals surface area contributed by atoms with Gasteiger partial charge >= 0.3 is 0 Å². The van der Waals surface area contributed by atoms with Gasteiger partial charge in [0.2, 0.25) is 0 Å². The summed E-state index contributed by atoms with van der Waals surface area (Å²) in [6, 6.07) is 36.0. The van der Waals surface area contributed by atoms with Gasteiger partial charge in [-0.3, -0.25) is 0 Å². The van der Waals surface area contributed by atoms with Crippen LogP contribution in [0, 0.1) is 0 Å². The summed E-state index contributed by atoms with van der Waals surface area (Å²) in [6.07, 6.45) is 1.83. The van der Waals surface area contributed by atoms with E-state index in [2.05, 4.69) is 0 Å². The molecule has 0 N–H and O–H groups in total. The predicted octanol–water partition coefficient (Wildman–Crippen LogP) is 6.45. The van der Waals surface area contributed by atoms with Crippen molar-refractivity contribution in [2.24, 2.45) is 5.10 Å². The van der Waals surface area contributed by atoms with Crippen molar-refractivity contribution in [2.75, 3.05) is 12.1 Å². The quantitative estimate of drug-likeness (QED) is 0.248. The molecule has 0 fully saturated rings. The van der Waals surface area contributed by atoms with Crippen molar-refractivity contribution in [2.45, 2.75) is 6.61 Å². The first-order valence-corrected chi connectivity index (χ1v) is 10.1. The minimum Gasteiger partial charge on any atom is -0.493 e. The standard InChI is InChI=1S/C27H24N2O2/c1-30-26-18-17-23(19-27(26)31-21-22-11-5-2-6-12-22)20-28-29(24-13-7-3-8-14-24)25-15-9-4-10-16-25/h2-20H,21H2,1H3/b28-20+. The molecule has 31 heavy (non-hydrogen) atoms. The third-order valence-corrected chi connectivity index (χ3v) is 4.75. The van der Waals surface area contributed by atoms with Crippen LogP contribution in [0.5, 0.6) is 11.5 Å². The average molecular weight is 409 g/mol. The number of para-hydroxylation sites is 2. The first-order valence-electron chi connectivity index (χ1n) is 10.1. The van der Waals surface area contributed by atoms with Crippen LogP contribution in [0.25, 0.3) is 0 Å². The van der Waals surface area contributed by atoms with Gasteiger partial charge in [-0.15, -0.1) is 0 Å². The van der Waals surface area contributed by atoms with Crippen LogP contribution in [0.2, 0.25) is 0 Å².